The van der Waals surface area contributed by atoms with Gasteiger partial charge in [0, 0.05) is 143 Å². The lowest BCUT2D eigenvalue weighted by Gasteiger charge is -2.47. The molecule has 90 heavy (non-hydrogen) atoms. The van der Waals surface area contributed by atoms with Crippen molar-refractivity contribution in [1.82, 2.24) is 40.3 Å². The van der Waals surface area contributed by atoms with Crippen molar-refractivity contribution >= 4 is 51.3 Å². The van der Waals surface area contributed by atoms with Crippen LogP contribution in [-0.4, -0.2) is 140 Å². The highest BCUT2D eigenvalue weighted by molar-refractivity contribution is 9.10. The molecule has 20 heteroatoms. The number of nitrogens with one attached hydrogen (secondary N) is 4. The number of ether oxygens (including phenoxy) is 3. The SMILES string of the molecule is CCN(c1cc(-c2ccc(CN3CCOCC3)nc2)cc(C(=O)NCc2c(C)cc(C)[nH]c2=O)c1C)C1C[C@@H](C)N(C(=O)OC(C)(C)C)[C@H](C)C1.CCN(c1cc(Br)cc(C(=O)NCc2c(C)cc(C)[nH]c2=O)c1C)C1C[C@@H](C)N(C(=O)OC(C)(C)C)[C@H](C)C1. The number of benzene rings is 2. The van der Waals surface area contributed by atoms with E-state index in [1.54, 1.807) is 0 Å². The molecule has 3 fully saturated rings. The van der Waals surface area contributed by atoms with E-state index in [9.17, 15) is 28.8 Å². The number of hydrogen-bond acceptors (Lipinski definition) is 13. The smallest absolute Gasteiger partial charge is 0.410 e. The first kappa shape index (κ1) is 70.4. The molecule has 2 aromatic carbocycles. The van der Waals surface area contributed by atoms with E-state index in [1.807, 2.05) is 123 Å². The van der Waals surface area contributed by atoms with Crippen LogP contribution >= 0.6 is 15.9 Å². The standard InChI is InChI=1S/C40H56N6O5.C30H43BrN4O4/c1-10-45(33-18-27(4)46(28(5)19-33)39(49)51-40(7,8)9)36-21-31(30-11-12-32(41-22-30)24-44-13-15-50-16-14-44)20-34(29(36)6)37(47)42-23-35-25(2)17-26(3)43-38(35)48;1-10-34(23-12-19(4)35(20(5)13-23)29(38)39-30(7,8)9)26-15-22(31)14-24(21(26)6)27(36)32-16-25-17(2)11-18(3)33-28(25)37/h11-12,17,20-22,27-28,33H,10,13-16,18-19,23-24H2,1-9H3,(H,42,47)(H,43,48);11,14-15,19-20,23H,10,12-13,16H2,1-9H3,(H,32,36)(H,33,37)/t27-,28-;19-,20-/m11/s1. The second-order valence-corrected chi connectivity index (χ2v) is 27.9. The first-order chi connectivity index (χ1) is 42.3. The van der Waals surface area contributed by atoms with Crippen LogP contribution in [0.1, 0.15) is 180 Å². The van der Waals surface area contributed by atoms with Gasteiger partial charge in [-0.05, 0) is 221 Å². The van der Waals surface area contributed by atoms with E-state index >= 15 is 0 Å². The second-order valence-electron chi connectivity index (χ2n) is 26.9. The van der Waals surface area contributed by atoms with E-state index in [-0.39, 0.29) is 84.5 Å². The summed E-state index contributed by atoms with van der Waals surface area (Å²) in [6.07, 6.45) is 4.44. The third-order valence-electron chi connectivity index (χ3n) is 17.4. The number of aromatic amines is 2. The van der Waals surface area contributed by atoms with Crippen molar-refractivity contribution in [1.29, 1.82) is 0 Å². The number of carbonyl (C=O) groups is 4. The lowest BCUT2D eigenvalue weighted by molar-refractivity contribution is -0.00367. The van der Waals surface area contributed by atoms with Crippen LogP contribution < -0.4 is 31.6 Å². The maximum atomic E-state index is 14.0. The third kappa shape index (κ3) is 17.7. The molecule has 0 bridgehead atoms. The fourth-order valence-corrected chi connectivity index (χ4v) is 13.7. The van der Waals surface area contributed by atoms with Crippen molar-refractivity contribution in [2.45, 2.75) is 217 Å². The van der Waals surface area contributed by atoms with Crippen LogP contribution in [0.3, 0.4) is 0 Å². The molecule has 4 N–H and O–H groups in total. The lowest BCUT2D eigenvalue weighted by Crippen LogP contribution is -2.56. The molecule has 490 valence electrons. The molecule has 0 saturated carbocycles. The summed E-state index contributed by atoms with van der Waals surface area (Å²) in [4.78, 5) is 99.9. The average Bonchev–Trinajstić information content (AvgIpc) is 2.07. The fourth-order valence-electron chi connectivity index (χ4n) is 13.2. The first-order valence-corrected chi connectivity index (χ1v) is 32.8. The van der Waals surface area contributed by atoms with Crippen LogP contribution in [0.25, 0.3) is 11.1 Å². The van der Waals surface area contributed by atoms with Crippen LogP contribution in [0.5, 0.6) is 0 Å². The van der Waals surface area contributed by atoms with E-state index in [1.165, 1.54) is 0 Å². The van der Waals surface area contributed by atoms with Crippen molar-refractivity contribution in [3.8, 4) is 11.1 Å². The van der Waals surface area contributed by atoms with E-state index in [0.29, 0.717) is 22.3 Å². The summed E-state index contributed by atoms with van der Waals surface area (Å²) in [5.41, 5.74) is 10.5. The molecule has 3 saturated heterocycles. The van der Waals surface area contributed by atoms with Gasteiger partial charge in [-0.1, -0.05) is 22.0 Å². The van der Waals surface area contributed by atoms with Crippen LogP contribution in [0.2, 0.25) is 0 Å². The van der Waals surface area contributed by atoms with Gasteiger partial charge in [0.25, 0.3) is 22.9 Å². The van der Waals surface area contributed by atoms with Gasteiger partial charge >= 0.3 is 12.2 Å². The number of piperidine rings is 2. The Morgan fingerprint density at radius 2 is 1.04 bits per heavy atom. The maximum Gasteiger partial charge on any atom is 0.410 e. The Morgan fingerprint density at radius 3 is 1.43 bits per heavy atom. The number of aromatic nitrogens is 3. The van der Waals surface area contributed by atoms with Crippen LogP contribution in [0.4, 0.5) is 21.0 Å². The van der Waals surface area contributed by atoms with Crippen LogP contribution in [0, 0.1) is 41.5 Å². The highest BCUT2D eigenvalue weighted by Crippen LogP contribution is 2.38. The highest BCUT2D eigenvalue weighted by atomic mass is 79.9. The molecule has 0 spiro atoms. The number of amides is 4. The van der Waals surface area contributed by atoms with Gasteiger partial charge in [-0.2, -0.15) is 0 Å². The molecule has 5 aromatic rings. The number of nitrogens with zero attached hydrogens (tertiary/aromatic N) is 6. The van der Waals surface area contributed by atoms with Crippen LogP contribution in [0.15, 0.2) is 68.8 Å². The molecular weight excluding hydrogens is 1200 g/mol. The van der Waals surface area contributed by atoms with Gasteiger partial charge in [0.15, 0.2) is 0 Å². The first-order valence-electron chi connectivity index (χ1n) is 32.0. The van der Waals surface area contributed by atoms with Gasteiger partial charge in [0.05, 0.1) is 18.9 Å². The number of pyridine rings is 3. The predicted octanol–water partition coefficient (Wildman–Crippen LogP) is 12.1. The normalized spacial score (nSPS) is 19.7. The average molecular weight is 1300 g/mol. The van der Waals surface area contributed by atoms with Gasteiger partial charge in [0.2, 0.25) is 0 Å². The molecule has 0 aliphatic carbocycles. The molecule has 3 aliphatic heterocycles. The summed E-state index contributed by atoms with van der Waals surface area (Å²) in [7, 11) is 0. The zero-order valence-corrected chi connectivity index (χ0v) is 58.2. The summed E-state index contributed by atoms with van der Waals surface area (Å²) in [5, 5.41) is 5.98. The quantitative estimate of drug-likeness (QED) is 0.0768. The van der Waals surface area contributed by atoms with E-state index in [2.05, 4.69) is 117 Å². The molecule has 19 nitrogen and oxygen atoms in total. The van der Waals surface area contributed by atoms with Crippen molar-refractivity contribution in [3.63, 3.8) is 0 Å². The Kier molecular flexibility index (Phi) is 23.4. The molecule has 4 amide bonds. The zero-order chi connectivity index (χ0) is 66.3. The molecule has 6 heterocycles. The van der Waals surface area contributed by atoms with Gasteiger partial charge in [-0.25, -0.2) is 9.59 Å². The summed E-state index contributed by atoms with van der Waals surface area (Å²) >= 11 is 3.61. The number of H-pyrrole nitrogens is 2. The summed E-state index contributed by atoms with van der Waals surface area (Å²) < 4.78 is 17.8. The molecular formula is C70H99BrN10O9. The number of hydrogen-bond donors (Lipinski definition) is 4. The Morgan fingerprint density at radius 1 is 0.622 bits per heavy atom. The predicted molar refractivity (Wildman–Crippen MR) is 361 cm³/mol. The number of morpholine rings is 1. The molecule has 3 aromatic heterocycles. The fraction of sp³-hybridized carbons (Fsp3) is 0.557. The van der Waals surface area contributed by atoms with Crippen molar-refractivity contribution < 1.29 is 33.4 Å². The molecule has 0 radical (unpaired) electrons. The minimum atomic E-state index is -0.571. The molecule has 8 rings (SSSR count). The minimum Gasteiger partial charge on any atom is -0.444 e. The van der Waals surface area contributed by atoms with Gasteiger partial charge in [-0.15, -0.1) is 0 Å². The third-order valence-corrected chi connectivity index (χ3v) is 17.9. The largest absolute Gasteiger partial charge is 0.444 e. The topological polar surface area (TPSA) is 215 Å². The lowest BCUT2D eigenvalue weighted by atomic mass is 9.90. The number of rotatable bonds is 15. The second kappa shape index (κ2) is 29.9. The van der Waals surface area contributed by atoms with E-state index in [4.69, 9.17) is 19.2 Å². The Labute approximate surface area is 541 Å². The molecule has 3 aliphatic rings. The Balaban J connectivity index is 0.000000266. The minimum absolute atomic E-state index is 0.00807. The summed E-state index contributed by atoms with van der Waals surface area (Å²) in [5.74, 6) is -0.476. The number of halogens is 1. The zero-order valence-electron chi connectivity index (χ0n) is 56.6. The number of anilines is 2. The molecule has 0 unspecified atom stereocenters. The summed E-state index contributed by atoms with van der Waals surface area (Å²) in [6.45, 7) is 41.0. The van der Waals surface area contributed by atoms with Gasteiger partial charge in [-0.3, -0.25) is 29.1 Å². The van der Waals surface area contributed by atoms with Crippen molar-refractivity contribution in [2.24, 2.45) is 0 Å². The van der Waals surface area contributed by atoms with Crippen LogP contribution in [-0.2, 0) is 33.8 Å². The monoisotopic (exact) mass is 1300 g/mol. The van der Waals surface area contributed by atoms with Gasteiger partial charge < -0.3 is 54.4 Å². The number of carbonyl (C=O) groups excluding carboxylic acids is 4. The van der Waals surface area contributed by atoms with Crippen molar-refractivity contribution in [3.05, 3.63) is 141 Å². The number of aryl methyl sites for hydroxylation is 4. The number of likely N-dealkylation sites (tertiary alicyclic amines) is 2. The Bertz CT molecular complexity index is 3470. The van der Waals surface area contributed by atoms with E-state index in [0.717, 1.165) is 138 Å². The van der Waals surface area contributed by atoms with Gasteiger partial charge in [0.1, 0.15) is 11.2 Å². The maximum absolute atomic E-state index is 14.0. The highest BCUT2D eigenvalue weighted by Gasteiger charge is 2.41. The van der Waals surface area contributed by atoms with E-state index < -0.39 is 11.2 Å². The molecule has 4 atom stereocenters. The van der Waals surface area contributed by atoms with Crippen molar-refractivity contribution in [2.75, 3.05) is 49.2 Å². The summed E-state index contributed by atoms with van der Waals surface area (Å²) in [6, 6.07) is 16.2. The Hall–Kier alpha value is -7.03.